The molecule has 0 bridgehead atoms. The number of hydrogen-bond acceptors (Lipinski definition) is 5. The number of rotatable bonds is 10. The Morgan fingerprint density at radius 2 is 1.25 bits per heavy atom. The second kappa shape index (κ2) is 13.0. The highest BCUT2D eigenvalue weighted by Gasteiger charge is 2.25. The molecule has 0 spiro atoms. The van der Waals surface area contributed by atoms with E-state index in [4.69, 9.17) is 9.47 Å². The van der Waals surface area contributed by atoms with E-state index >= 15 is 0 Å². The van der Waals surface area contributed by atoms with Gasteiger partial charge >= 0.3 is 0 Å². The predicted molar refractivity (Wildman–Crippen MR) is 175 cm³/mol. The summed E-state index contributed by atoms with van der Waals surface area (Å²) in [6, 6.07) is 38.9. The SMILES string of the molecule is COc1cc2c(cc1OC)CN(Cc1ccc(-c3ccc(N(Cc4ccccc4)S(=O)(=O)c4ccccc4)cc3)cc1)CC2. The number of methoxy groups -OCH3 is 2. The second-order valence-corrected chi connectivity index (χ2v) is 12.9. The summed E-state index contributed by atoms with van der Waals surface area (Å²) in [4.78, 5) is 2.72. The first-order valence-electron chi connectivity index (χ1n) is 14.7. The lowest BCUT2D eigenvalue weighted by atomic mass is 9.98. The molecule has 0 saturated carbocycles. The van der Waals surface area contributed by atoms with Crippen LogP contribution in [0, 0.1) is 0 Å². The van der Waals surface area contributed by atoms with Gasteiger partial charge in [-0.1, -0.05) is 84.9 Å². The Bertz CT molecular complexity index is 1810. The third-order valence-corrected chi connectivity index (χ3v) is 9.93. The zero-order valence-electron chi connectivity index (χ0n) is 25.0. The summed E-state index contributed by atoms with van der Waals surface area (Å²) in [5.74, 6) is 1.55. The Morgan fingerprint density at radius 3 is 1.86 bits per heavy atom. The fraction of sp³-hybridized carbons (Fsp3) is 0.189. The van der Waals surface area contributed by atoms with E-state index in [9.17, 15) is 8.42 Å². The first kappa shape index (κ1) is 29.5. The van der Waals surface area contributed by atoms with E-state index in [0.717, 1.165) is 54.2 Å². The van der Waals surface area contributed by atoms with Gasteiger partial charge in [0.1, 0.15) is 0 Å². The molecule has 0 radical (unpaired) electrons. The molecule has 0 fully saturated rings. The number of anilines is 1. The molecule has 0 unspecified atom stereocenters. The third kappa shape index (κ3) is 6.34. The van der Waals surface area contributed by atoms with Crippen LogP contribution >= 0.6 is 0 Å². The van der Waals surface area contributed by atoms with Crippen LogP contribution in [0.1, 0.15) is 22.3 Å². The normalized spacial score (nSPS) is 13.2. The summed E-state index contributed by atoms with van der Waals surface area (Å²) in [6.07, 6.45) is 0.974. The summed E-state index contributed by atoms with van der Waals surface area (Å²) >= 11 is 0. The van der Waals surface area contributed by atoms with Crippen LogP contribution in [0.5, 0.6) is 11.5 Å². The fourth-order valence-corrected chi connectivity index (χ4v) is 7.22. The maximum atomic E-state index is 13.7. The summed E-state index contributed by atoms with van der Waals surface area (Å²) in [5.41, 5.74) is 7.50. The highest BCUT2D eigenvalue weighted by atomic mass is 32.2. The Morgan fingerprint density at radius 1 is 0.682 bits per heavy atom. The number of benzene rings is 5. The molecule has 0 saturated heterocycles. The topological polar surface area (TPSA) is 59.1 Å². The average molecular weight is 605 g/mol. The van der Waals surface area contributed by atoms with Gasteiger partial charge in [-0.2, -0.15) is 0 Å². The highest BCUT2D eigenvalue weighted by Crippen LogP contribution is 2.34. The van der Waals surface area contributed by atoms with Crippen molar-refractivity contribution in [2.24, 2.45) is 0 Å². The summed E-state index contributed by atoms with van der Waals surface area (Å²) in [6.45, 7) is 2.95. The number of sulfonamides is 1. The molecule has 1 aliphatic heterocycles. The zero-order chi connectivity index (χ0) is 30.5. The molecule has 6 nitrogen and oxygen atoms in total. The molecule has 0 N–H and O–H groups in total. The van der Waals surface area contributed by atoms with Crippen LogP contribution in [0.4, 0.5) is 5.69 Å². The molecule has 0 aliphatic carbocycles. The Balaban J connectivity index is 1.18. The lowest BCUT2D eigenvalue weighted by Crippen LogP contribution is -2.30. The molecule has 5 aromatic rings. The van der Waals surface area contributed by atoms with Gasteiger partial charge in [-0.05, 0) is 76.2 Å². The van der Waals surface area contributed by atoms with E-state index in [1.54, 1.807) is 38.5 Å². The summed E-state index contributed by atoms with van der Waals surface area (Å²) in [5, 5.41) is 0. The first-order chi connectivity index (χ1) is 21.4. The van der Waals surface area contributed by atoms with Crippen molar-refractivity contribution < 1.29 is 17.9 Å². The van der Waals surface area contributed by atoms with Crippen LogP contribution in [0.2, 0.25) is 0 Å². The third-order valence-electron chi connectivity index (χ3n) is 8.15. The number of fused-ring (bicyclic) bond motifs is 1. The zero-order valence-corrected chi connectivity index (χ0v) is 25.8. The highest BCUT2D eigenvalue weighted by molar-refractivity contribution is 7.92. The van der Waals surface area contributed by atoms with Crippen molar-refractivity contribution in [2.75, 3.05) is 25.1 Å². The smallest absolute Gasteiger partial charge is 0.264 e. The van der Waals surface area contributed by atoms with Crippen molar-refractivity contribution in [1.29, 1.82) is 0 Å². The van der Waals surface area contributed by atoms with Crippen molar-refractivity contribution >= 4 is 15.7 Å². The lowest BCUT2D eigenvalue weighted by molar-refractivity contribution is 0.244. The van der Waals surface area contributed by atoms with Crippen LogP contribution in [0.25, 0.3) is 11.1 Å². The predicted octanol–water partition coefficient (Wildman–Crippen LogP) is 7.32. The van der Waals surface area contributed by atoms with Crippen molar-refractivity contribution in [3.63, 3.8) is 0 Å². The minimum absolute atomic E-state index is 0.243. The summed E-state index contributed by atoms with van der Waals surface area (Å²) in [7, 11) is -0.411. The van der Waals surface area contributed by atoms with Crippen molar-refractivity contribution in [1.82, 2.24) is 4.90 Å². The van der Waals surface area contributed by atoms with Gasteiger partial charge in [-0.15, -0.1) is 0 Å². The second-order valence-electron chi connectivity index (χ2n) is 11.0. The molecule has 44 heavy (non-hydrogen) atoms. The molecule has 1 heterocycles. The number of hydrogen-bond donors (Lipinski definition) is 0. The molecule has 0 aromatic heterocycles. The Labute approximate surface area is 260 Å². The van der Waals surface area contributed by atoms with Crippen molar-refractivity contribution in [3.05, 3.63) is 144 Å². The van der Waals surface area contributed by atoms with E-state index in [1.165, 1.54) is 21.0 Å². The molecule has 0 atom stereocenters. The monoisotopic (exact) mass is 604 g/mol. The molecule has 224 valence electrons. The van der Waals surface area contributed by atoms with Gasteiger partial charge in [0.05, 0.1) is 31.3 Å². The summed E-state index contributed by atoms with van der Waals surface area (Å²) < 4.78 is 39.9. The van der Waals surface area contributed by atoms with E-state index < -0.39 is 10.0 Å². The van der Waals surface area contributed by atoms with E-state index in [1.807, 2.05) is 60.7 Å². The van der Waals surface area contributed by atoms with Gasteiger partial charge in [0, 0.05) is 19.6 Å². The molecular formula is C37H36N2O4S. The van der Waals surface area contributed by atoms with Gasteiger partial charge in [0.25, 0.3) is 10.0 Å². The molecule has 6 rings (SSSR count). The maximum Gasteiger partial charge on any atom is 0.264 e. The molecule has 5 aromatic carbocycles. The lowest BCUT2D eigenvalue weighted by Gasteiger charge is -2.29. The quantitative estimate of drug-likeness (QED) is 0.167. The van der Waals surface area contributed by atoms with Crippen LogP contribution in [0.15, 0.2) is 126 Å². The van der Waals surface area contributed by atoms with Crippen LogP contribution in [-0.4, -0.2) is 34.1 Å². The standard InChI is InChI=1S/C37H36N2O4S/c1-42-36-23-32-21-22-38(27-33(32)24-37(36)43-2)25-29-13-15-30(16-14-29)31-17-19-34(20-18-31)39(26-28-9-5-3-6-10-28)44(40,41)35-11-7-4-8-12-35/h3-20,23-24H,21-22,25-27H2,1-2H3. The number of ether oxygens (including phenoxy) is 2. The van der Waals surface area contributed by atoms with E-state index in [2.05, 4.69) is 41.3 Å². The largest absolute Gasteiger partial charge is 0.493 e. The van der Waals surface area contributed by atoms with Crippen LogP contribution < -0.4 is 13.8 Å². The van der Waals surface area contributed by atoms with Crippen molar-refractivity contribution in [2.45, 2.75) is 31.0 Å². The molecule has 7 heteroatoms. The molecular weight excluding hydrogens is 568 g/mol. The molecule has 0 amide bonds. The van der Waals surface area contributed by atoms with Gasteiger partial charge in [0.15, 0.2) is 11.5 Å². The maximum absolute atomic E-state index is 13.7. The Hall–Kier alpha value is -4.59. The average Bonchev–Trinajstić information content (AvgIpc) is 3.08. The van der Waals surface area contributed by atoms with Crippen molar-refractivity contribution in [3.8, 4) is 22.6 Å². The number of nitrogens with zero attached hydrogens (tertiary/aromatic N) is 2. The van der Waals surface area contributed by atoms with E-state index in [-0.39, 0.29) is 11.4 Å². The Kier molecular flexibility index (Phi) is 8.68. The van der Waals surface area contributed by atoms with Gasteiger partial charge in [0.2, 0.25) is 0 Å². The minimum atomic E-state index is -3.76. The van der Waals surface area contributed by atoms with Gasteiger partial charge < -0.3 is 9.47 Å². The van der Waals surface area contributed by atoms with Gasteiger partial charge in [-0.25, -0.2) is 8.42 Å². The van der Waals surface area contributed by atoms with E-state index in [0.29, 0.717) is 5.69 Å². The molecule has 1 aliphatic rings. The van der Waals surface area contributed by atoms with Gasteiger partial charge in [-0.3, -0.25) is 9.21 Å². The first-order valence-corrected chi connectivity index (χ1v) is 16.2. The van der Waals surface area contributed by atoms with Crippen LogP contribution in [-0.2, 0) is 36.1 Å². The minimum Gasteiger partial charge on any atom is -0.493 e. The van der Waals surface area contributed by atoms with Crippen LogP contribution in [0.3, 0.4) is 0 Å². The fourth-order valence-electron chi connectivity index (χ4n) is 5.74.